The van der Waals surface area contributed by atoms with Crippen LogP contribution in [0.2, 0.25) is 0 Å². The molecule has 0 aliphatic heterocycles. The van der Waals surface area contributed by atoms with E-state index >= 15 is 0 Å². The molecule has 0 aliphatic rings. The van der Waals surface area contributed by atoms with Gasteiger partial charge in [0.05, 0.1) is 0 Å². The van der Waals surface area contributed by atoms with Crippen LogP contribution in [-0.4, -0.2) is 12.8 Å². The van der Waals surface area contributed by atoms with Crippen molar-refractivity contribution in [2.75, 3.05) is 17.7 Å². The molecule has 2 aromatic rings. The van der Waals surface area contributed by atoms with Crippen LogP contribution in [0.25, 0.3) is 0 Å². The van der Waals surface area contributed by atoms with Crippen LogP contribution in [0.15, 0.2) is 42.5 Å². The van der Waals surface area contributed by atoms with Crippen LogP contribution in [0, 0.1) is 0 Å². The van der Waals surface area contributed by atoms with Crippen molar-refractivity contribution in [3.05, 3.63) is 53.6 Å². The number of carbonyl (C=O) groups is 1. The van der Waals surface area contributed by atoms with E-state index in [2.05, 4.69) is 31.2 Å². The van der Waals surface area contributed by atoms with Crippen molar-refractivity contribution in [3.8, 4) is 0 Å². The first-order valence-electron chi connectivity index (χ1n) is 6.76. The van der Waals surface area contributed by atoms with Gasteiger partial charge in [0.2, 0.25) is 0 Å². The summed E-state index contributed by atoms with van der Waals surface area (Å²) in [5.74, 6) is -0.0147. The molecule has 0 bridgehead atoms. The van der Waals surface area contributed by atoms with E-state index in [0.717, 1.165) is 17.8 Å². The normalized spacial score (nSPS) is 10.3. The number of ketones is 1. The number of anilines is 3. The lowest BCUT2D eigenvalue weighted by Gasteiger charge is -2.21. The number of hydrogen-bond donors (Lipinski definition) is 1. The quantitative estimate of drug-likeness (QED) is 0.677. The minimum absolute atomic E-state index is 0.0147. The zero-order valence-corrected chi connectivity index (χ0v) is 12.2. The summed E-state index contributed by atoms with van der Waals surface area (Å²) in [4.78, 5) is 13.6. The van der Waals surface area contributed by atoms with Crippen molar-refractivity contribution in [2.45, 2.75) is 20.3 Å². The maximum absolute atomic E-state index is 11.6. The number of carbonyl (C=O) groups excluding carboxylic acids is 1. The number of hydrogen-bond acceptors (Lipinski definition) is 3. The van der Waals surface area contributed by atoms with Gasteiger partial charge in [-0.1, -0.05) is 19.1 Å². The van der Waals surface area contributed by atoms with Crippen LogP contribution >= 0.6 is 0 Å². The van der Waals surface area contributed by atoms with Gasteiger partial charge in [0.1, 0.15) is 0 Å². The van der Waals surface area contributed by atoms with Gasteiger partial charge in [0, 0.05) is 29.7 Å². The number of rotatable bonds is 4. The minimum Gasteiger partial charge on any atom is -0.398 e. The Hall–Kier alpha value is -2.29. The average Bonchev–Trinajstić information content (AvgIpc) is 2.47. The van der Waals surface area contributed by atoms with Crippen LogP contribution in [0.5, 0.6) is 0 Å². The van der Waals surface area contributed by atoms with Gasteiger partial charge in [-0.25, -0.2) is 0 Å². The van der Waals surface area contributed by atoms with Crippen molar-refractivity contribution in [3.63, 3.8) is 0 Å². The Balaban J connectivity index is 2.34. The lowest BCUT2D eigenvalue weighted by atomic mass is 10.1. The van der Waals surface area contributed by atoms with Gasteiger partial charge in [-0.2, -0.15) is 0 Å². The first-order chi connectivity index (χ1) is 9.52. The molecule has 3 heteroatoms. The molecule has 104 valence electrons. The van der Waals surface area contributed by atoms with E-state index in [1.54, 1.807) is 6.07 Å². The highest BCUT2D eigenvalue weighted by Gasteiger charge is 2.09. The molecule has 0 aliphatic carbocycles. The molecular weight excluding hydrogens is 248 g/mol. The van der Waals surface area contributed by atoms with Crippen LogP contribution in [0.3, 0.4) is 0 Å². The Morgan fingerprint density at radius 2 is 1.70 bits per heavy atom. The third-order valence-electron chi connectivity index (χ3n) is 3.54. The molecule has 0 saturated carbocycles. The third-order valence-corrected chi connectivity index (χ3v) is 3.54. The molecule has 0 amide bonds. The molecule has 0 saturated heterocycles. The predicted octanol–water partition coefficient (Wildman–Crippen LogP) is 3.80. The molecule has 3 nitrogen and oxygen atoms in total. The molecule has 0 unspecified atom stereocenters. The second-order valence-corrected chi connectivity index (χ2v) is 4.91. The van der Waals surface area contributed by atoms with E-state index in [1.807, 2.05) is 24.1 Å². The van der Waals surface area contributed by atoms with E-state index in [1.165, 1.54) is 12.5 Å². The van der Waals surface area contributed by atoms with E-state index in [4.69, 9.17) is 5.73 Å². The largest absolute Gasteiger partial charge is 0.398 e. The van der Waals surface area contributed by atoms with Crippen molar-refractivity contribution in [1.82, 2.24) is 0 Å². The summed E-state index contributed by atoms with van der Waals surface area (Å²) < 4.78 is 0. The molecule has 2 N–H and O–H groups in total. The second kappa shape index (κ2) is 5.78. The second-order valence-electron chi connectivity index (χ2n) is 4.91. The fourth-order valence-corrected chi connectivity index (χ4v) is 2.16. The first-order valence-corrected chi connectivity index (χ1v) is 6.76. The Bertz CT molecular complexity index is 617. The van der Waals surface area contributed by atoms with Gasteiger partial charge in [0.15, 0.2) is 5.78 Å². The number of Topliss-reactive ketones (excluding diaryl/α,β-unsaturated/α-hetero) is 1. The predicted molar refractivity (Wildman–Crippen MR) is 84.7 cm³/mol. The minimum atomic E-state index is -0.0147. The van der Waals surface area contributed by atoms with E-state index in [-0.39, 0.29) is 5.78 Å². The zero-order chi connectivity index (χ0) is 14.7. The van der Waals surface area contributed by atoms with E-state index in [9.17, 15) is 4.79 Å². The maximum Gasteiger partial charge on any atom is 0.161 e. The summed E-state index contributed by atoms with van der Waals surface area (Å²) in [6.45, 7) is 3.67. The molecule has 0 heterocycles. The summed E-state index contributed by atoms with van der Waals surface area (Å²) >= 11 is 0. The Kier molecular flexibility index (Phi) is 4.08. The fraction of sp³-hybridized carbons (Fsp3) is 0.235. The summed E-state index contributed by atoms with van der Waals surface area (Å²) in [6.07, 6.45) is 1.03. The van der Waals surface area contributed by atoms with Crippen LogP contribution in [0.1, 0.15) is 29.8 Å². The topological polar surface area (TPSA) is 46.3 Å². The molecular formula is C17H20N2O. The van der Waals surface area contributed by atoms with Crippen molar-refractivity contribution in [2.24, 2.45) is 0 Å². The van der Waals surface area contributed by atoms with Gasteiger partial charge in [0.25, 0.3) is 0 Å². The Morgan fingerprint density at radius 1 is 1.10 bits per heavy atom. The van der Waals surface area contributed by atoms with Gasteiger partial charge >= 0.3 is 0 Å². The van der Waals surface area contributed by atoms with Gasteiger partial charge in [-0.05, 0) is 49.2 Å². The van der Waals surface area contributed by atoms with Crippen LogP contribution in [-0.2, 0) is 6.42 Å². The van der Waals surface area contributed by atoms with Crippen molar-refractivity contribution >= 4 is 22.8 Å². The lowest BCUT2D eigenvalue weighted by Crippen LogP contribution is -2.11. The highest BCUT2D eigenvalue weighted by Crippen LogP contribution is 2.27. The summed E-state index contributed by atoms with van der Waals surface area (Å²) in [5.41, 5.74) is 10.3. The van der Waals surface area contributed by atoms with Gasteiger partial charge < -0.3 is 10.6 Å². The van der Waals surface area contributed by atoms with Crippen molar-refractivity contribution in [1.29, 1.82) is 0 Å². The summed E-state index contributed by atoms with van der Waals surface area (Å²) in [7, 11) is 1.98. The number of benzene rings is 2. The van der Waals surface area contributed by atoms with Crippen molar-refractivity contribution < 1.29 is 4.79 Å². The molecule has 20 heavy (non-hydrogen) atoms. The van der Waals surface area contributed by atoms with Gasteiger partial charge in [-0.15, -0.1) is 0 Å². The first kappa shape index (κ1) is 14.1. The molecule has 0 atom stereocenters. The number of aryl methyl sites for hydroxylation is 1. The molecule has 2 rings (SSSR count). The Morgan fingerprint density at radius 3 is 2.25 bits per heavy atom. The smallest absolute Gasteiger partial charge is 0.161 e. The highest BCUT2D eigenvalue weighted by molar-refractivity contribution is 6.00. The molecule has 2 aromatic carbocycles. The molecule has 0 aromatic heterocycles. The fourth-order valence-electron chi connectivity index (χ4n) is 2.16. The highest BCUT2D eigenvalue weighted by atomic mass is 16.1. The van der Waals surface area contributed by atoms with E-state index < -0.39 is 0 Å². The third kappa shape index (κ3) is 2.82. The van der Waals surface area contributed by atoms with Crippen LogP contribution < -0.4 is 10.6 Å². The summed E-state index contributed by atoms with van der Waals surface area (Å²) in [5, 5.41) is 0. The average molecular weight is 268 g/mol. The number of nitrogens with zero attached hydrogens (tertiary/aromatic N) is 1. The number of nitrogens with two attached hydrogens (primary N) is 1. The van der Waals surface area contributed by atoms with Crippen LogP contribution in [0.4, 0.5) is 17.1 Å². The monoisotopic (exact) mass is 268 g/mol. The molecule has 0 spiro atoms. The summed E-state index contributed by atoms with van der Waals surface area (Å²) in [6, 6.07) is 14.0. The SMILES string of the molecule is CCc1ccc(N(C)c2ccc(N)c(C(C)=O)c2)cc1. The maximum atomic E-state index is 11.6. The lowest BCUT2D eigenvalue weighted by molar-refractivity contribution is 0.101. The Labute approximate surface area is 120 Å². The van der Waals surface area contributed by atoms with Gasteiger partial charge in [-0.3, -0.25) is 4.79 Å². The molecule has 0 fully saturated rings. The standard InChI is InChI=1S/C17H20N2O/c1-4-13-5-7-14(8-6-13)19(3)15-9-10-17(18)16(11-15)12(2)20/h5-11H,4,18H2,1-3H3. The zero-order valence-electron chi connectivity index (χ0n) is 12.2. The molecule has 0 radical (unpaired) electrons. The van der Waals surface area contributed by atoms with E-state index in [0.29, 0.717) is 11.3 Å². The number of nitrogen functional groups attached to an aromatic ring is 1.